The van der Waals surface area contributed by atoms with Crippen LogP contribution in [0.2, 0.25) is 0 Å². The Hall–Kier alpha value is -0.960. The van der Waals surface area contributed by atoms with E-state index in [1.165, 1.54) is 12.5 Å². The number of aryl methyl sites for hydroxylation is 1. The standard InChI is InChI=1S/C16H24F2O/c1-4-6-7-13-8-10-14(11-9-13)16(19,5-2)12(3)15(17)18/h8-12,15,19H,4-7H2,1-3H3. The van der Waals surface area contributed by atoms with Gasteiger partial charge in [0.2, 0.25) is 6.43 Å². The molecule has 108 valence electrons. The average molecular weight is 270 g/mol. The Morgan fingerprint density at radius 3 is 2.16 bits per heavy atom. The second kappa shape index (κ2) is 6.99. The third-order valence-electron chi connectivity index (χ3n) is 3.94. The normalized spacial score (nSPS) is 16.4. The molecule has 0 heterocycles. The van der Waals surface area contributed by atoms with Crippen LogP contribution in [0, 0.1) is 5.92 Å². The molecule has 1 N–H and O–H groups in total. The van der Waals surface area contributed by atoms with Crippen molar-refractivity contribution in [3.63, 3.8) is 0 Å². The second-order valence-corrected chi connectivity index (χ2v) is 5.20. The number of halogens is 2. The van der Waals surface area contributed by atoms with Gasteiger partial charge in [-0.05, 0) is 30.4 Å². The van der Waals surface area contributed by atoms with Crippen LogP contribution < -0.4 is 0 Å². The topological polar surface area (TPSA) is 20.2 Å². The Bertz CT molecular complexity index is 375. The van der Waals surface area contributed by atoms with Crippen LogP contribution in [0.4, 0.5) is 8.78 Å². The lowest BCUT2D eigenvalue weighted by molar-refractivity contribution is -0.0847. The highest BCUT2D eigenvalue weighted by Gasteiger charge is 2.39. The first kappa shape index (κ1) is 16.1. The highest BCUT2D eigenvalue weighted by Crippen LogP contribution is 2.36. The number of unbranched alkanes of at least 4 members (excludes halogenated alkanes) is 1. The molecule has 1 nitrogen and oxygen atoms in total. The lowest BCUT2D eigenvalue weighted by atomic mass is 9.80. The van der Waals surface area contributed by atoms with Crippen molar-refractivity contribution in [1.29, 1.82) is 0 Å². The number of hydrogen-bond donors (Lipinski definition) is 1. The van der Waals surface area contributed by atoms with Gasteiger partial charge in [-0.25, -0.2) is 8.78 Å². The van der Waals surface area contributed by atoms with E-state index in [-0.39, 0.29) is 6.42 Å². The summed E-state index contributed by atoms with van der Waals surface area (Å²) in [6.45, 7) is 5.28. The molecular formula is C16H24F2O. The van der Waals surface area contributed by atoms with E-state index in [1.54, 1.807) is 19.1 Å². The summed E-state index contributed by atoms with van der Waals surface area (Å²) in [7, 11) is 0. The van der Waals surface area contributed by atoms with Crippen LogP contribution in [0.25, 0.3) is 0 Å². The molecule has 0 fully saturated rings. The van der Waals surface area contributed by atoms with Gasteiger partial charge >= 0.3 is 0 Å². The summed E-state index contributed by atoms with van der Waals surface area (Å²) in [4.78, 5) is 0. The van der Waals surface area contributed by atoms with Crippen LogP contribution in [0.3, 0.4) is 0 Å². The molecule has 0 bridgehead atoms. The van der Waals surface area contributed by atoms with Crippen molar-refractivity contribution < 1.29 is 13.9 Å². The van der Waals surface area contributed by atoms with E-state index in [1.807, 2.05) is 12.1 Å². The monoisotopic (exact) mass is 270 g/mol. The fourth-order valence-corrected chi connectivity index (χ4v) is 2.34. The molecule has 3 heteroatoms. The van der Waals surface area contributed by atoms with Gasteiger partial charge in [0, 0.05) is 0 Å². The van der Waals surface area contributed by atoms with Gasteiger partial charge in [-0.3, -0.25) is 0 Å². The summed E-state index contributed by atoms with van der Waals surface area (Å²) in [5.41, 5.74) is 0.328. The number of benzene rings is 1. The maximum atomic E-state index is 12.9. The van der Waals surface area contributed by atoms with Gasteiger partial charge in [-0.1, -0.05) is 51.5 Å². The Kier molecular flexibility index (Phi) is 5.92. The highest BCUT2D eigenvalue weighted by molar-refractivity contribution is 5.28. The van der Waals surface area contributed by atoms with Gasteiger partial charge in [0.15, 0.2) is 0 Å². The predicted octanol–water partition coefficient (Wildman–Crippen LogP) is 4.53. The molecule has 2 atom stereocenters. The summed E-state index contributed by atoms with van der Waals surface area (Å²) in [5, 5.41) is 10.5. The van der Waals surface area contributed by atoms with Crippen molar-refractivity contribution in [3.05, 3.63) is 35.4 Å². The largest absolute Gasteiger partial charge is 0.385 e. The van der Waals surface area contributed by atoms with E-state index in [2.05, 4.69) is 6.92 Å². The van der Waals surface area contributed by atoms with Crippen molar-refractivity contribution in [2.75, 3.05) is 0 Å². The summed E-state index contributed by atoms with van der Waals surface area (Å²) >= 11 is 0. The zero-order valence-electron chi connectivity index (χ0n) is 12.0. The smallest absolute Gasteiger partial charge is 0.244 e. The molecule has 19 heavy (non-hydrogen) atoms. The second-order valence-electron chi connectivity index (χ2n) is 5.20. The molecular weight excluding hydrogens is 246 g/mol. The van der Waals surface area contributed by atoms with Crippen molar-refractivity contribution in [1.82, 2.24) is 0 Å². The molecule has 0 radical (unpaired) electrons. The van der Waals surface area contributed by atoms with Crippen LogP contribution in [0.15, 0.2) is 24.3 Å². The molecule has 0 amide bonds. The molecule has 0 saturated carbocycles. The first-order chi connectivity index (χ1) is 8.95. The summed E-state index contributed by atoms with van der Waals surface area (Å²) in [5.74, 6) is -1.07. The molecule has 0 spiro atoms. The Morgan fingerprint density at radius 1 is 1.16 bits per heavy atom. The van der Waals surface area contributed by atoms with Crippen LogP contribution in [0.1, 0.15) is 51.2 Å². The SMILES string of the molecule is CCCCc1ccc(C(O)(CC)C(C)C(F)F)cc1. The Morgan fingerprint density at radius 2 is 1.74 bits per heavy atom. The average Bonchev–Trinajstić information content (AvgIpc) is 2.43. The van der Waals surface area contributed by atoms with Crippen LogP contribution in [-0.2, 0) is 12.0 Å². The molecule has 1 aromatic carbocycles. The zero-order chi connectivity index (χ0) is 14.5. The van der Waals surface area contributed by atoms with Gasteiger partial charge in [0.25, 0.3) is 0 Å². The fraction of sp³-hybridized carbons (Fsp3) is 0.625. The van der Waals surface area contributed by atoms with E-state index >= 15 is 0 Å². The fourth-order valence-electron chi connectivity index (χ4n) is 2.34. The third kappa shape index (κ3) is 3.75. The van der Waals surface area contributed by atoms with Crippen LogP contribution in [0.5, 0.6) is 0 Å². The van der Waals surface area contributed by atoms with Crippen LogP contribution in [-0.4, -0.2) is 11.5 Å². The Balaban J connectivity index is 2.93. The molecule has 2 unspecified atom stereocenters. The number of hydrogen-bond acceptors (Lipinski definition) is 1. The van der Waals surface area contributed by atoms with Crippen LogP contribution >= 0.6 is 0 Å². The quantitative estimate of drug-likeness (QED) is 0.772. The minimum atomic E-state index is -2.52. The highest BCUT2D eigenvalue weighted by atomic mass is 19.3. The molecule has 0 aromatic heterocycles. The van der Waals surface area contributed by atoms with E-state index in [9.17, 15) is 13.9 Å². The molecule has 0 aliphatic heterocycles. The summed E-state index contributed by atoms with van der Waals surface area (Å²) in [6.07, 6.45) is 0.997. The van der Waals surface area contributed by atoms with Gasteiger partial charge in [-0.15, -0.1) is 0 Å². The molecule has 0 aliphatic carbocycles. The maximum absolute atomic E-state index is 12.9. The Labute approximate surface area is 114 Å². The molecule has 0 saturated heterocycles. The third-order valence-corrected chi connectivity index (χ3v) is 3.94. The van der Waals surface area contributed by atoms with Gasteiger partial charge in [0.05, 0.1) is 11.5 Å². The van der Waals surface area contributed by atoms with Crippen molar-refractivity contribution in [2.45, 2.75) is 58.5 Å². The number of alkyl halides is 2. The minimum Gasteiger partial charge on any atom is -0.385 e. The maximum Gasteiger partial charge on any atom is 0.244 e. The van der Waals surface area contributed by atoms with E-state index in [0.29, 0.717) is 5.56 Å². The minimum absolute atomic E-state index is 0.285. The first-order valence-corrected chi connectivity index (χ1v) is 7.05. The number of rotatable bonds is 7. The molecule has 0 aliphatic rings. The van der Waals surface area contributed by atoms with Crippen molar-refractivity contribution >= 4 is 0 Å². The zero-order valence-corrected chi connectivity index (χ0v) is 12.0. The van der Waals surface area contributed by atoms with E-state index < -0.39 is 17.9 Å². The van der Waals surface area contributed by atoms with E-state index in [4.69, 9.17) is 0 Å². The summed E-state index contributed by atoms with van der Waals surface area (Å²) < 4.78 is 25.8. The number of aliphatic hydroxyl groups is 1. The van der Waals surface area contributed by atoms with Gasteiger partial charge < -0.3 is 5.11 Å². The lowest BCUT2D eigenvalue weighted by Gasteiger charge is -2.33. The van der Waals surface area contributed by atoms with Crippen molar-refractivity contribution in [2.24, 2.45) is 5.92 Å². The van der Waals surface area contributed by atoms with Gasteiger partial charge in [-0.2, -0.15) is 0 Å². The molecule has 1 aromatic rings. The molecule has 1 rings (SSSR count). The predicted molar refractivity (Wildman–Crippen MR) is 74.4 cm³/mol. The van der Waals surface area contributed by atoms with Gasteiger partial charge in [0.1, 0.15) is 0 Å². The summed E-state index contributed by atoms with van der Waals surface area (Å²) in [6, 6.07) is 7.44. The lowest BCUT2D eigenvalue weighted by Crippen LogP contribution is -2.36. The van der Waals surface area contributed by atoms with Crippen molar-refractivity contribution in [3.8, 4) is 0 Å². The first-order valence-electron chi connectivity index (χ1n) is 7.05. The van der Waals surface area contributed by atoms with E-state index in [0.717, 1.165) is 19.3 Å².